The first kappa shape index (κ1) is 16.1. The first-order valence-corrected chi connectivity index (χ1v) is 7.50. The Labute approximate surface area is 131 Å². The summed E-state index contributed by atoms with van der Waals surface area (Å²) >= 11 is 0. The van der Waals surface area contributed by atoms with Crippen LogP contribution in [0.1, 0.15) is 36.1 Å². The van der Waals surface area contributed by atoms with E-state index in [9.17, 15) is 4.79 Å². The lowest BCUT2D eigenvalue weighted by atomic mass is 10.0. The van der Waals surface area contributed by atoms with Gasteiger partial charge in [-0.1, -0.05) is 36.8 Å². The summed E-state index contributed by atoms with van der Waals surface area (Å²) < 4.78 is 11.3. The van der Waals surface area contributed by atoms with Crippen LogP contribution in [0.2, 0.25) is 0 Å². The van der Waals surface area contributed by atoms with E-state index in [0.717, 1.165) is 28.9 Å². The molecule has 0 aliphatic carbocycles. The summed E-state index contributed by atoms with van der Waals surface area (Å²) in [5, 5.41) is 0. The van der Waals surface area contributed by atoms with Crippen LogP contribution in [0.5, 0.6) is 11.5 Å². The fourth-order valence-corrected chi connectivity index (χ4v) is 2.47. The molecule has 0 spiro atoms. The highest BCUT2D eigenvalue weighted by Gasteiger charge is 2.12. The zero-order valence-corrected chi connectivity index (χ0v) is 13.6. The number of aryl methyl sites for hydroxylation is 3. The van der Waals surface area contributed by atoms with Crippen LogP contribution in [0, 0.1) is 13.8 Å². The molecule has 0 unspecified atom stereocenters. The van der Waals surface area contributed by atoms with E-state index in [1.807, 2.05) is 31.2 Å². The summed E-state index contributed by atoms with van der Waals surface area (Å²) in [7, 11) is 0. The monoisotopic (exact) mass is 298 g/mol. The minimum atomic E-state index is -0.319. The Morgan fingerprint density at radius 3 is 2.50 bits per heavy atom. The molecule has 3 nitrogen and oxygen atoms in total. The molecule has 0 bridgehead atoms. The van der Waals surface area contributed by atoms with E-state index < -0.39 is 0 Å². The largest absolute Gasteiger partial charge is 0.488 e. The minimum absolute atomic E-state index is 0.319. The normalized spacial score (nSPS) is 10.4. The van der Waals surface area contributed by atoms with Gasteiger partial charge in [0, 0.05) is 12.5 Å². The van der Waals surface area contributed by atoms with E-state index in [1.54, 1.807) is 6.07 Å². The number of carbonyl (C=O) groups is 1. The van der Waals surface area contributed by atoms with Gasteiger partial charge in [-0.25, -0.2) is 0 Å². The molecule has 0 saturated carbocycles. The van der Waals surface area contributed by atoms with Gasteiger partial charge >= 0.3 is 5.97 Å². The maximum absolute atomic E-state index is 11.3. The molecule has 0 N–H and O–H groups in total. The Kier molecular flexibility index (Phi) is 5.21. The van der Waals surface area contributed by atoms with Crippen molar-refractivity contribution >= 4 is 5.97 Å². The average molecular weight is 298 g/mol. The molecule has 0 aliphatic rings. The highest BCUT2D eigenvalue weighted by Crippen LogP contribution is 2.26. The standard InChI is InChI=1S/C19H22O3/c1-5-16-7-6-8-19(22-15(4)20)17(16)12-21-18-10-9-13(2)11-14(18)3/h6-11H,5,12H2,1-4H3. The maximum Gasteiger partial charge on any atom is 0.308 e. The molecule has 2 aromatic rings. The van der Waals surface area contributed by atoms with Gasteiger partial charge in [-0.3, -0.25) is 4.79 Å². The highest BCUT2D eigenvalue weighted by molar-refractivity contribution is 5.70. The lowest BCUT2D eigenvalue weighted by molar-refractivity contribution is -0.131. The first-order chi connectivity index (χ1) is 10.5. The molecular formula is C19H22O3. The Hall–Kier alpha value is -2.29. The number of ether oxygens (including phenoxy) is 2. The molecule has 0 amide bonds. The van der Waals surface area contributed by atoms with Crippen molar-refractivity contribution < 1.29 is 14.3 Å². The van der Waals surface area contributed by atoms with Crippen LogP contribution >= 0.6 is 0 Å². The number of rotatable bonds is 5. The molecule has 22 heavy (non-hydrogen) atoms. The second-order valence-corrected chi connectivity index (χ2v) is 5.40. The van der Waals surface area contributed by atoms with Gasteiger partial charge in [-0.2, -0.15) is 0 Å². The van der Waals surface area contributed by atoms with E-state index in [-0.39, 0.29) is 5.97 Å². The van der Waals surface area contributed by atoms with E-state index in [1.165, 1.54) is 12.5 Å². The van der Waals surface area contributed by atoms with Crippen LogP contribution in [0.4, 0.5) is 0 Å². The summed E-state index contributed by atoms with van der Waals surface area (Å²) in [4.78, 5) is 11.3. The van der Waals surface area contributed by atoms with Crippen LogP contribution in [0.3, 0.4) is 0 Å². The van der Waals surface area contributed by atoms with Crippen molar-refractivity contribution in [3.05, 3.63) is 58.7 Å². The molecular weight excluding hydrogens is 276 g/mol. The highest BCUT2D eigenvalue weighted by atomic mass is 16.5. The summed E-state index contributed by atoms with van der Waals surface area (Å²) in [5.41, 5.74) is 4.37. The summed E-state index contributed by atoms with van der Waals surface area (Å²) in [6.07, 6.45) is 0.862. The molecule has 0 atom stereocenters. The molecule has 0 aromatic heterocycles. The molecule has 0 aliphatic heterocycles. The molecule has 116 valence electrons. The van der Waals surface area contributed by atoms with Gasteiger partial charge in [-0.05, 0) is 43.5 Å². The zero-order valence-electron chi connectivity index (χ0n) is 13.6. The number of benzene rings is 2. The van der Waals surface area contributed by atoms with Crippen LogP contribution < -0.4 is 9.47 Å². The van der Waals surface area contributed by atoms with Gasteiger partial charge in [0.1, 0.15) is 18.1 Å². The average Bonchev–Trinajstić information content (AvgIpc) is 2.46. The van der Waals surface area contributed by atoms with Crippen molar-refractivity contribution in [2.75, 3.05) is 0 Å². The Morgan fingerprint density at radius 1 is 1.09 bits per heavy atom. The molecule has 0 saturated heterocycles. The fourth-order valence-electron chi connectivity index (χ4n) is 2.47. The maximum atomic E-state index is 11.3. The third-order valence-electron chi connectivity index (χ3n) is 3.57. The summed E-state index contributed by atoms with van der Waals surface area (Å²) in [5.74, 6) is 1.11. The fraction of sp³-hybridized carbons (Fsp3) is 0.316. The predicted octanol–water partition coefficient (Wildman–Crippen LogP) is 4.37. The third-order valence-corrected chi connectivity index (χ3v) is 3.57. The summed E-state index contributed by atoms with van der Waals surface area (Å²) in [6, 6.07) is 11.8. The Balaban J connectivity index is 2.25. The van der Waals surface area contributed by atoms with Crippen molar-refractivity contribution in [3.63, 3.8) is 0 Å². The van der Waals surface area contributed by atoms with Gasteiger partial charge < -0.3 is 9.47 Å². The first-order valence-electron chi connectivity index (χ1n) is 7.50. The van der Waals surface area contributed by atoms with Gasteiger partial charge in [0.15, 0.2) is 0 Å². The summed E-state index contributed by atoms with van der Waals surface area (Å²) in [6.45, 7) is 7.96. The van der Waals surface area contributed by atoms with Gasteiger partial charge in [-0.15, -0.1) is 0 Å². The van der Waals surface area contributed by atoms with E-state index in [0.29, 0.717) is 12.4 Å². The molecule has 2 rings (SSSR count). The third kappa shape index (κ3) is 3.88. The van der Waals surface area contributed by atoms with Crippen molar-refractivity contribution in [2.45, 2.75) is 40.7 Å². The quantitative estimate of drug-likeness (QED) is 0.607. The smallest absolute Gasteiger partial charge is 0.308 e. The van der Waals surface area contributed by atoms with Crippen LogP contribution in [0.25, 0.3) is 0 Å². The second-order valence-electron chi connectivity index (χ2n) is 5.40. The zero-order chi connectivity index (χ0) is 16.1. The topological polar surface area (TPSA) is 35.5 Å². The lowest BCUT2D eigenvalue weighted by Crippen LogP contribution is -2.08. The van der Waals surface area contributed by atoms with Crippen molar-refractivity contribution in [3.8, 4) is 11.5 Å². The van der Waals surface area contributed by atoms with Gasteiger partial charge in [0.25, 0.3) is 0 Å². The van der Waals surface area contributed by atoms with Crippen molar-refractivity contribution in [1.82, 2.24) is 0 Å². The molecule has 2 aromatic carbocycles. The number of hydrogen-bond acceptors (Lipinski definition) is 3. The SMILES string of the molecule is CCc1cccc(OC(C)=O)c1COc1ccc(C)cc1C. The molecule has 0 heterocycles. The Morgan fingerprint density at radius 2 is 1.86 bits per heavy atom. The van der Waals surface area contributed by atoms with Crippen LogP contribution in [0.15, 0.2) is 36.4 Å². The predicted molar refractivity (Wildman–Crippen MR) is 87.4 cm³/mol. The number of carbonyl (C=O) groups excluding carboxylic acids is 1. The van der Waals surface area contributed by atoms with Crippen molar-refractivity contribution in [1.29, 1.82) is 0 Å². The van der Waals surface area contributed by atoms with Crippen LogP contribution in [-0.2, 0) is 17.8 Å². The Bertz CT molecular complexity index is 674. The van der Waals surface area contributed by atoms with E-state index >= 15 is 0 Å². The van der Waals surface area contributed by atoms with E-state index in [2.05, 4.69) is 19.9 Å². The van der Waals surface area contributed by atoms with Crippen LogP contribution in [-0.4, -0.2) is 5.97 Å². The second kappa shape index (κ2) is 7.12. The number of hydrogen-bond donors (Lipinski definition) is 0. The van der Waals surface area contributed by atoms with Gasteiger partial charge in [0.2, 0.25) is 0 Å². The molecule has 0 fully saturated rings. The van der Waals surface area contributed by atoms with Gasteiger partial charge in [0.05, 0.1) is 0 Å². The lowest BCUT2D eigenvalue weighted by Gasteiger charge is -2.15. The number of esters is 1. The van der Waals surface area contributed by atoms with E-state index in [4.69, 9.17) is 9.47 Å². The van der Waals surface area contributed by atoms with Crippen molar-refractivity contribution in [2.24, 2.45) is 0 Å². The molecule has 3 heteroatoms. The molecule has 0 radical (unpaired) electrons. The minimum Gasteiger partial charge on any atom is -0.488 e.